The molecule has 0 aliphatic heterocycles. The number of carbonyl (C=O) groups excluding carboxylic acids is 3. The molecule has 2 aromatic rings. The highest BCUT2D eigenvalue weighted by Crippen LogP contribution is 2.12. The van der Waals surface area contributed by atoms with Crippen molar-refractivity contribution in [1.29, 1.82) is 0 Å². The SMILES string of the molecule is CCc1ccc(NC(=O)COC(=O)CNC(=O)c2cccc(OC)c2)cc1. The number of aryl methyl sites for hydroxylation is 1. The third-order valence-electron chi connectivity index (χ3n) is 3.74. The standard InChI is InChI=1S/C20H22N2O5/c1-3-14-7-9-16(10-8-14)22-18(23)13-27-19(24)12-21-20(25)15-5-4-6-17(11-15)26-2/h4-11H,3,12-13H2,1-2H3,(H,21,25)(H,22,23). The molecule has 2 amide bonds. The number of ether oxygens (including phenoxy) is 2. The Hall–Kier alpha value is -3.35. The number of amides is 2. The molecule has 0 heterocycles. The summed E-state index contributed by atoms with van der Waals surface area (Å²) >= 11 is 0. The molecule has 0 saturated carbocycles. The van der Waals surface area contributed by atoms with E-state index >= 15 is 0 Å². The van der Waals surface area contributed by atoms with Crippen LogP contribution in [0.1, 0.15) is 22.8 Å². The molecule has 0 radical (unpaired) electrons. The van der Waals surface area contributed by atoms with Crippen molar-refractivity contribution in [3.8, 4) is 5.75 Å². The minimum absolute atomic E-state index is 0.339. The van der Waals surface area contributed by atoms with E-state index in [0.29, 0.717) is 17.0 Å². The highest BCUT2D eigenvalue weighted by molar-refractivity contribution is 5.97. The van der Waals surface area contributed by atoms with Gasteiger partial charge in [0.25, 0.3) is 11.8 Å². The van der Waals surface area contributed by atoms with Gasteiger partial charge in [-0.1, -0.05) is 25.1 Å². The predicted molar refractivity (Wildman–Crippen MR) is 101 cm³/mol. The number of methoxy groups -OCH3 is 1. The second-order valence-corrected chi connectivity index (χ2v) is 5.67. The molecule has 2 N–H and O–H groups in total. The van der Waals surface area contributed by atoms with Crippen LogP contribution in [0.4, 0.5) is 5.69 Å². The first-order chi connectivity index (χ1) is 13.0. The van der Waals surface area contributed by atoms with E-state index in [0.717, 1.165) is 12.0 Å². The summed E-state index contributed by atoms with van der Waals surface area (Å²) in [7, 11) is 1.50. The summed E-state index contributed by atoms with van der Waals surface area (Å²) in [5.41, 5.74) is 2.14. The molecule has 142 valence electrons. The Bertz CT molecular complexity index is 802. The third-order valence-corrected chi connectivity index (χ3v) is 3.74. The molecule has 0 atom stereocenters. The Balaban J connectivity index is 1.73. The summed E-state index contributed by atoms with van der Waals surface area (Å²) in [4.78, 5) is 35.5. The van der Waals surface area contributed by atoms with Crippen molar-refractivity contribution in [2.75, 3.05) is 25.6 Å². The molecule has 27 heavy (non-hydrogen) atoms. The van der Waals surface area contributed by atoms with Crippen molar-refractivity contribution >= 4 is 23.5 Å². The maximum Gasteiger partial charge on any atom is 0.325 e. The van der Waals surface area contributed by atoms with Crippen LogP contribution < -0.4 is 15.4 Å². The monoisotopic (exact) mass is 370 g/mol. The quantitative estimate of drug-likeness (QED) is 0.695. The first kappa shape index (κ1) is 20.0. The Kier molecular flexibility index (Phi) is 7.37. The van der Waals surface area contributed by atoms with E-state index in [2.05, 4.69) is 10.6 Å². The molecule has 7 heteroatoms. The lowest BCUT2D eigenvalue weighted by atomic mass is 10.1. The molecule has 0 spiro atoms. The Morgan fingerprint density at radius 3 is 2.44 bits per heavy atom. The number of carbonyl (C=O) groups is 3. The summed E-state index contributed by atoms with van der Waals surface area (Å²) in [5, 5.41) is 5.07. The molecule has 0 aromatic heterocycles. The lowest BCUT2D eigenvalue weighted by Crippen LogP contribution is -2.32. The molecule has 2 aromatic carbocycles. The largest absolute Gasteiger partial charge is 0.497 e. The van der Waals surface area contributed by atoms with Crippen molar-refractivity contribution in [1.82, 2.24) is 5.32 Å². The summed E-state index contributed by atoms with van der Waals surface area (Å²) in [6.07, 6.45) is 0.910. The van der Waals surface area contributed by atoms with Gasteiger partial charge in [-0.2, -0.15) is 0 Å². The van der Waals surface area contributed by atoms with Crippen LogP contribution in [0.15, 0.2) is 48.5 Å². The maximum atomic E-state index is 12.0. The Labute approximate surface area is 157 Å². The topological polar surface area (TPSA) is 93.7 Å². The zero-order valence-electron chi connectivity index (χ0n) is 15.3. The van der Waals surface area contributed by atoms with Gasteiger partial charge in [-0.05, 0) is 42.3 Å². The Morgan fingerprint density at radius 2 is 1.78 bits per heavy atom. The molecule has 0 aliphatic rings. The van der Waals surface area contributed by atoms with Crippen LogP contribution >= 0.6 is 0 Å². The maximum absolute atomic E-state index is 12.0. The van der Waals surface area contributed by atoms with E-state index in [1.165, 1.54) is 7.11 Å². The van der Waals surface area contributed by atoms with Crippen molar-refractivity contribution in [2.45, 2.75) is 13.3 Å². The summed E-state index contributed by atoms with van der Waals surface area (Å²) in [6, 6.07) is 13.9. The van der Waals surface area contributed by atoms with Gasteiger partial charge >= 0.3 is 5.97 Å². The van der Waals surface area contributed by atoms with Gasteiger partial charge < -0.3 is 20.1 Å². The van der Waals surface area contributed by atoms with Crippen molar-refractivity contribution < 1.29 is 23.9 Å². The predicted octanol–water partition coefficient (Wildman–Crippen LogP) is 2.17. The highest BCUT2D eigenvalue weighted by Gasteiger charge is 2.11. The lowest BCUT2D eigenvalue weighted by Gasteiger charge is -2.08. The van der Waals surface area contributed by atoms with Gasteiger partial charge in [0.2, 0.25) is 0 Å². The van der Waals surface area contributed by atoms with Crippen LogP contribution in [0.2, 0.25) is 0 Å². The fourth-order valence-corrected chi connectivity index (χ4v) is 2.24. The second-order valence-electron chi connectivity index (χ2n) is 5.67. The number of benzene rings is 2. The van der Waals surface area contributed by atoms with Crippen molar-refractivity contribution in [3.05, 3.63) is 59.7 Å². The van der Waals surface area contributed by atoms with E-state index in [1.807, 2.05) is 19.1 Å². The molecule has 0 unspecified atom stereocenters. The van der Waals surface area contributed by atoms with Crippen molar-refractivity contribution in [3.63, 3.8) is 0 Å². The van der Waals surface area contributed by atoms with E-state index in [4.69, 9.17) is 9.47 Å². The minimum atomic E-state index is -0.706. The van der Waals surface area contributed by atoms with Gasteiger partial charge in [0.15, 0.2) is 6.61 Å². The average molecular weight is 370 g/mol. The van der Waals surface area contributed by atoms with Crippen LogP contribution in [-0.2, 0) is 20.7 Å². The second kappa shape index (κ2) is 9.96. The van der Waals surface area contributed by atoms with Crippen LogP contribution in [-0.4, -0.2) is 38.0 Å². The molecule has 2 rings (SSSR count). The minimum Gasteiger partial charge on any atom is -0.497 e. The lowest BCUT2D eigenvalue weighted by molar-refractivity contribution is -0.146. The average Bonchev–Trinajstić information content (AvgIpc) is 2.71. The summed E-state index contributed by atoms with van der Waals surface area (Å²) < 4.78 is 9.90. The summed E-state index contributed by atoms with van der Waals surface area (Å²) in [5.74, 6) is -1.06. The van der Waals surface area contributed by atoms with Crippen LogP contribution in [0, 0.1) is 0 Å². The number of rotatable bonds is 8. The zero-order valence-corrected chi connectivity index (χ0v) is 15.3. The van der Waals surface area contributed by atoms with E-state index < -0.39 is 24.4 Å². The van der Waals surface area contributed by atoms with E-state index in [9.17, 15) is 14.4 Å². The number of esters is 1. The van der Waals surface area contributed by atoms with Gasteiger partial charge in [-0.15, -0.1) is 0 Å². The first-order valence-electron chi connectivity index (χ1n) is 8.48. The number of anilines is 1. The number of nitrogens with one attached hydrogen (secondary N) is 2. The number of hydrogen-bond acceptors (Lipinski definition) is 5. The molecule has 0 bridgehead atoms. The van der Waals surface area contributed by atoms with Gasteiger partial charge in [0.05, 0.1) is 7.11 Å². The highest BCUT2D eigenvalue weighted by atomic mass is 16.5. The van der Waals surface area contributed by atoms with Gasteiger partial charge in [-0.3, -0.25) is 14.4 Å². The normalized spacial score (nSPS) is 10.0. The summed E-state index contributed by atoms with van der Waals surface area (Å²) in [6.45, 7) is 1.28. The fraction of sp³-hybridized carbons (Fsp3) is 0.250. The molecular formula is C20H22N2O5. The number of hydrogen-bond donors (Lipinski definition) is 2. The molecule has 0 saturated heterocycles. The van der Waals surface area contributed by atoms with Gasteiger partial charge in [-0.25, -0.2) is 0 Å². The van der Waals surface area contributed by atoms with Gasteiger partial charge in [0.1, 0.15) is 12.3 Å². The molecule has 0 fully saturated rings. The van der Waals surface area contributed by atoms with Gasteiger partial charge in [0, 0.05) is 11.3 Å². The van der Waals surface area contributed by atoms with E-state index in [1.54, 1.807) is 36.4 Å². The first-order valence-corrected chi connectivity index (χ1v) is 8.48. The zero-order chi connectivity index (χ0) is 19.6. The van der Waals surface area contributed by atoms with E-state index in [-0.39, 0.29) is 6.54 Å². The molecule has 7 nitrogen and oxygen atoms in total. The van der Waals surface area contributed by atoms with Crippen LogP contribution in [0.25, 0.3) is 0 Å². The van der Waals surface area contributed by atoms with Crippen molar-refractivity contribution in [2.24, 2.45) is 0 Å². The molecule has 0 aliphatic carbocycles. The smallest absolute Gasteiger partial charge is 0.325 e. The third kappa shape index (κ3) is 6.47. The Morgan fingerprint density at radius 1 is 1.04 bits per heavy atom. The van der Waals surface area contributed by atoms with Crippen LogP contribution in [0.3, 0.4) is 0 Å². The van der Waals surface area contributed by atoms with Crippen LogP contribution in [0.5, 0.6) is 5.75 Å². The fourth-order valence-electron chi connectivity index (χ4n) is 2.24. The molecular weight excluding hydrogens is 348 g/mol.